The van der Waals surface area contributed by atoms with Gasteiger partial charge in [-0.1, -0.05) is 6.08 Å². The van der Waals surface area contributed by atoms with Crippen LogP contribution in [-0.2, 0) is 9.59 Å². The van der Waals surface area contributed by atoms with E-state index in [1.807, 2.05) is 0 Å². The lowest BCUT2D eigenvalue weighted by Crippen LogP contribution is -2.43. The van der Waals surface area contributed by atoms with Gasteiger partial charge in [-0.25, -0.2) is 4.79 Å². The molecule has 124 valence electrons. The summed E-state index contributed by atoms with van der Waals surface area (Å²) in [5.41, 5.74) is -0.0261. The Morgan fingerprint density at radius 1 is 1.43 bits per heavy atom. The maximum Gasteiger partial charge on any atom is 0.326 e. The van der Waals surface area contributed by atoms with Crippen LogP contribution in [0.3, 0.4) is 0 Å². The second kappa shape index (κ2) is 8.94. The van der Waals surface area contributed by atoms with Crippen LogP contribution >= 0.6 is 11.8 Å². The summed E-state index contributed by atoms with van der Waals surface area (Å²) in [5, 5.41) is 21.6. The molecule has 23 heavy (non-hydrogen) atoms. The third kappa shape index (κ3) is 6.11. The fourth-order valence-corrected chi connectivity index (χ4v) is 2.61. The molecular formula is C15H18N2O5S. The van der Waals surface area contributed by atoms with Crippen LogP contribution < -0.4 is 5.32 Å². The third-order valence-electron chi connectivity index (χ3n) is 3.00. The van der Waals surface area contributed by atoms with Crippen LogP contribution in [0.5, 0.6) is 0 Å². The molecule has 0 spiro atoms. The zero-order valence-corrected chi connectivity index (χ0v) is 13.4. The Kier molecular flexibility index (Phi) is 7.27. The van der Waals surface area contributed by atoms with Gasteiger partial charge in [0.25, 0.3) is 5.69 Å². The normalized spacial score (nSPS) is 12.9. The number of allylic oxidation sites excluding steroid dienone is 1. The minimum absolute atomic E-state index is 0.0261. The molecular weight excluding hydrogens is 320 g/mol. The summed E-state index contributed by atoms with van der Waals surface area (Å²) in [6.45, 7) is 5.17. The number of carbonyl (C=O) groups is 2. The van der Waals surface area contributed by atoms with Crippen LogP contribution in [0.1, 0.15) is 19.8 Å². The van der Waals surface area contributed by atoms with Crippen molar-refractivity contribution in [1.29, 1.82) is 0 Å². The number of benzene rings is 1. The van der Waals surface area contributed by atoms with E-state index in [2.05, 4.69) is 11.9 Å². The Morgan fingerprint density at radius 2 is 2.04 bits per heavy atom. The van der Waals surface area contributed by atoms with Crippen molar-refractivity contribution in [3.05, 3.63) is 47.0 Å². The van der Waals surface area contributed by atoms with Crippen molar-refractivity contribution < 1.29 is 19.6 Å². The first-order valence-corrected chi connectivity index (χ1v) is 7.78. The van der Waals surface area contributed by atoms with Crippen molar-refractivity contribution in [3.8, 4) is 0 Å². The molecule has 2 atom stereocenters. The Morgan fingerprint density at radius 3 is 2.52 bits per heavy atom. The molecule has 0 aromatic heterocycles. The number of nitro groups is 1. The van der Waals surface area contributed by atoms with Crippen LogP contribution in [0.25, 0.3) is 0 Å². The second-order valence-corrected chi connectivity index (χ2v) is 6.19. The summed E-state index contributed by atoms with van der Waals surface area (Å²) < 4.78 is 0. The van der Waals surface area contributed by atoms with Gasteiger partial charge in [0.2, 0.25) is 5.91 Å². The van der Waals surface area contributed by atoms with E-state index >= 15 is 0 Å². The number of aliphatic carboxylic acids is 1. The molecule has 2 N–H and O–H groups in total. The molecule has 0 aliphatic heterocycles. The lowest BCUT2D eigenvalue weighted by molar-refractivity contribution is -0.384. The number of carboxylic acids is 1. The number of non-ortho nitro benzene ring substituents is 1. The van der Waals surface area contributed by atoms with Crippen LogP contribution in [0.15, 0.2) is 41.8 Å². The quantitative estimate of drug-likeness (QED) is 0.310. The van der Waals surface area contributed by atoms with E-state index in [1.54, 1.807) is 25.1 Å². The van der Waals surface area contributed by atoms with Crippen molar-refractivity contribution in [2.75, 3.05) is 0 Å². The summed E-state index contributed by atoms with van der Waals surface area (Å²) in [6, 6.07) is 4.87. The maximum atomic E-state index is 12.1. The molecule has 0 saturated heterocycles. The number of nitro benzene ring substituents is 1. The average Bonchev–Trinajstić information content (AvgIpc) is 2.51. The number of nitrogens with one attached hydrogen (secondary N) is 1. The summed E-state index contributed by atoms with van der Waals surface area (Å²) in [7, 11) is 0. The molecule has 2 unspecified atom stereocenters. The van der Waals surface area contributed by atoms with Crippen LogP contribution in [0, 0.1) is 10.1 Å². The first-order chi connectivity index (χ1) is 10.8. The molecule has 1 rings (SSSR count). The fourth-order valence-electron chi connectivity index (χ4n) is 1.74. The highest BCUT2D eigenvalue weighted by molar-refractivity contribution is 8.00. The number of carboxylic acid groups (broad SMARTS) is 1. The van der Waals surface area contributed by atoms with Gasteiger partial charge in [0.15, 0.2) is 0 Å². The zero-order chi connectivity index (χ0) is 17.4. The molecule has 0 bridgehead atoms. The molecule has 0 aliphatic rings. The van der Waals surface area contributed by atoms with Gasteiger partial charge in [0.05, 0.1) is 10.2 Å². The lowest BCUT2D eigenvalue weighted by Gasteiger charge is -2.17. The van der Waals surface area contributed by atoms with Gasteiger partial charge in [0, 0.05) is 17.0 Å². The Balaban J connectivity index is 2.63. The second-order valence-electron chi connectivity index (χ2n) is 4.78. The highest BCUT2D eigenvalue weighted by Crippen LogP contribution is 2.25. The van der Waals surface area contributed by atoms with Crippen LogP contribution in [0.4, 0.5) is 5.69 Å². The van der Waals surface area contributed by atoms with Crippen LogP contribution in [0.2, 0.25) is 0 Å². The number of hydrogen-bond donors (Lipinski definition) is 2. The summed E-state index contributed by atoms with van der Waals surface area (Å²) >= 11 is 1.20. The van der Waals surface area contributed by atoms with Crippen molar-refractivity contribution in [1.82, 2.24) is 5.32 Å². The predicted molar refractivity (Wildman–Crippen MR) is 87.4 cm³/mol. The van der Waals surface area contributed by atoms with Gasteiger partial charge in [-0.05, 0) is 31.9 Å². The molecule has 1 aromatic carbocycles. The fraction of sp³-hybridized carbons (Fsp3) is 0.333. The number of rotatable bonds is 9. The van der Waals surface area contributed by atoms with E-state index in [-0.39, 0.29) is 12.1 Å². The smallest absolute Gasteiger partial charge is 0.326 e. The number of thioether (sulfide) groups is 1. The Bertz CT molecular complexity index is 588. The van der Waals surface area contributed by atoms with Crippen molar-refractivity contribution in [2.45, 2.75) is 36.0 Å². The first kappa shape index (κ1) is 18.7. The van der Waals surface area contributed by atoms with Crippen molar-refractivity contribution in [2.24, 2.45) is 0 Å². The Labute approximate surface area is 137 Å². The average molecular weight is 338 g/mol. The van der Waals surface area contributed by atoms with Gasteiger partial charge in [0.1, 0.15) is 6.04 Å². The lowest BCUT2D eigenvalue weighted by atomic mass is 10.1. The standard InChI is InChI=1S/C15H18N2O5S/c1-3-4-5-13(15(19)20)16-14(18)10(2)23-12-8-6-11(7-9-12)17(21)22/h3,6-10,13H,1,4-5H2,2H3,(H,16,18)(H,19,20). The molecule has 1 amide bonds. The van der Waals surface area contributed by atoms with E-state index in [9.17, 15) is 19.7 Å². The monoisotopic (exact) mass is 338 g/mol. The van der Waals surface area contributed by atoms with Gasteiger partial charge >= 0.3 is 5.97 Å². The van der Waals surface area contributed by atoms with E-state index < -0.39 is 28.1 Å². The Hall–Kier alpha value is -2.35. The molecule has 8 heteroatoms. The van der Waals surface area contributed by atoms with Crippen molar-refractivity contribution in [3.63, 3.8) is 0 Å². The van der Waals surface area contributed by atoms with E-state index in [4.69, 9.17) is 5.11 Å². The highest BCUT2D eigenvalue weighted by Gasteiger charge is 2.23. The van der Waals surface area contributed by atoms with Crippen molar-refractivity contribution >= 4 is 29.3 Å². The largest absolute Gasteiger partial charge is 0.480 e. The molecule has 1 aromatic rings. The number of nitrogens with zero attached hydrogens (tertiary/aromatic N) is 1. The van der Waals surface area contributed by atoms with Gasteiger partial charge in [-0.15, -0.1) is 18.3 Å². The maximum absolute atomic E-state index is 12.1. The van der Waals surface area contributed by atoms with Gasteiger partial charge in [-0.3, -0.25) is 14.9 Å². The number of hydrogen-bond acceptors (Lipinski definition) is 5. The first-order valence-electron chi connectivity index (χ1n) is 6.90. The molecule has 0 radical (unpaired) electrons. The number of amides is 1. The summed E-state index contributed by atoms with van der Waals surface area (Å²) in [5.74, 6) is -1.49. The minimum Gasteiger partial charge on any atom is -0.480 e. The van der Waals surface area contributed by atoms with Crippen LogP contribution in [-0.4, -0.2) is 33.2 Å². The van der Waals surface area contributed by atoms with E-state index in [0.29, 0.717) is 11.3 Å². The minimum atomic E-state index is -1.09. The number of carbonyl (C=O) groups excluding carboxylic acids is 1. The SMILES string of the molecule is C=CCCC(NC(=O)C(C)Sc1ccc([N+](=O)[O-])cc1)C(=O)O. The van der Waals surface area contributed by atoms with Gasteiger partial charge < -0.3 is 10.4 Å². The highest BCUT2D eigenvalue weighted by atomic mass is 32.2. The van der Waals surface area contributed by atoms with E-state index in [0.717, 1.165) is 0 Å². The zero-order valence-electron chi connectivity index (χ0n) is 12.6. The third-order valence-corrected chi connectivity index (χ3v) is 4.12. The molecule has 7 nitrogen and oxygen atoms in total. The summed E-state index contributed by atoms with van der Waals surface area (Å²) in [4.78, 5) is 34.0. The molecule has 0 saturated carbocycles. The molecule has 0 aliphatic carbocycles. The topological polar surface area (TPSA) is 110 Å². The summed E-state index contributed by atoms with van der Waals surface area (Å²) in [6.07, 6.45) is 2.36. The van der Waals surface area contributed by atoms with E-state index in [1.165, 1.54) is 23.9 Å². The molecule has 0 fully saturated rings. The van der Waals surface area contributed by atoms with Gasteiger partial charge in [-0.2, -0.15) is 0 Å². The predicted octanol–water partition coefficient (Wildman–Crippen LogP) is 2.61. The molecule has 0 heterocycles.